The molecular formula is C28H46O6. The predicted octanol–water partition coefficient (Wildman–Crippen LogP) is 2.99. The van der Waals surface area contributed by atoms with Gasteiger partial charge in [-0.05, 0) is 99.5 Å². The number of fused-ring (bicyclic) bond motifs is 5. The van der Waals surface area contributed by atoms with Gasteiger partial charge in [0.1, 0.15) is 0 Å². The van der Waals surface area contributed by atoms with Crippen molar-refractivity contribution in [2.75, 3.05) is 0 Å². The standard InChI is InChI=1S/C28H46O6/c1-15(25(3,4)33)11-21(29)16(2)17-8-10-28(34)19-12-22(30)20-13-23(31)24(32)14-26(20,5)18(19)7-9-27(17,28)6/h12,15-18,20-21,23-24,29,31-34H,7-11,13-14H2,1-6H3/t15-,16+,17-,18?,20+,21-,23-,24+,26-,27-,28-/m1/s1. The number of allylic oxidation sites excluding steroid dienone is 1. The third kappa shape index (κ3) is 3.75. The summed E-state index contributed by atoms with van der Waals surface area (Å²) in [7, 11) is 0. The van der Waals surface area contributed by atoms with Gasteiger partial charge in [0.2, 0.25) is 0 Å². The van der Waals surface area contributed by atoms with E-state index in [0.29, 0.717) is 19.3 Å². The highest BCUT2D eigenvalue weighted by atomic mass is 16.3. The summed E-state index contributed by atoms with van der Waals surface area (Å²) in [6.07, 6.45) is 3.48. The van der Waals surface area contributed by atoms with E-state index in [1.165, 1.54) is 0 Å². The second-order valence-electron chi connectivity index (χ2n) is 13.4. The molecule has 0 heterocycles. The van der Waals surface area contributed by atoms with Crippen LogP contribution in [0, 0.1) is 40.4 Å². The second-order valence-corrected chi connectivity index (χ2v) is 13.4. The molecule has 3 fully saturated rings. The van der Waals surface area contributed by atoms with Crippen molar-refractivity contribution in [3.63, 3.8) is 0 Å². The SMILES string of the molecule is C[C@H]([C@H](O)C[C@@H](C)C(C)(C)O)[C@H]1CC[C@@]2(O)C3=CC(=O)[C@@H]4C[C@@H](O)[C@@H](O)C[C@]4(C)C3CC[C@]12C. The van der Waals surface area contributed by atoms with Gasteiger partial charge in [0.05, 0.1) is 29.5 Å². The Morgan fingerprint density at radius 2 is 1.74 bits per heavy atom. The number of carbonyl (C=O) groups excluding carboxylic acids is 1. The Balaban J connectivity index is 1.63. The molecule has 6 heteroatoms. The smallest absolute Gasteiger partial charge is 0.159 e. The number of hydrogen-bond donors (Lipinski definition) is 5. The molecular weight excluding hydrogens is 432 g/mol. The maximum Gasteiger partial charge on any atom is 0.159 e. The van der Waals surface area contributed by atoms with E-state index in [2.05, 4.69) is 20.8 Å². The Morgan fingerprint density at radius 3 is 2.35 bits per heavy atom. The molecule has 0 aromatic carbocycles. The van der Waals surface area contributed by atoms with Crippen molar-refractivity contribution in [3.05, 3.63) is 11.6 Å². The number of ketones is 1. The van der Waals surface area contributed by atoms with E-state index < -0.39 is 40.3 Å². The first-order chi connectivity index (χ1) is 15.6. The van der Waals surface area contributed by atoms with Crippen LogP contribution in [0.15, 0.2) is 11.6 Å². The van der Waals surface area contributed by atoms with E-state index in [1.54, 1.807) is 19.9 Å². The molecule has 0 aliphatic heterocycles. The van der Waals surface area contributed by atoms with Gasteiger partial charge >= 0.3 is 0 Å². The van der Waals surface area contributed by atoms with Crippen LogP contribution in [0.5, 0.6) is 0 Å². The zero-order valence-electron chi connectivity index (χ0n) is 21.8. The first kappa shape index (κ1) is 26.3. The van der Waals surface area contributed by atoms with Gasteiger partial charge in [0, 0.05) is 11.3 Å². The van der Waals surface area contributed by atoms with Gasteiger partial charge in [-0.25, -0.2) is 0 Å². The van der Waals surface area contributed by atoms with E-state index in [4.69, 9.17) is 0 Å². The molecule has 0 amide bonds. The monoisotopic (exact) mass is 478 g/mol. The lowest BCUT2D eigenvalue weighted by molar-refractivity contribution is -0.154. The van der Waals surface area contributed by atoms with E-state index in [-0.39, 0.29) is 41.8 Å². The van der Waals surface area contributed by atoms with Gasteiger partial charge in [-0.2, -0.15) is 0 Å². The van der Waals surface area contributed by atoms with Crippen LogP contribution >= 0.6 is 0 Å². The van der Waals surface area contributed by atoms with Crippen LogP contribution in [0.4, 0.5) is 0 Å². The number of rotatable bonds is 5. The molecule has 0 aromatic heterocycles. The average molecular weight is 479 g/mol. The second kappa shape index (κ2) is 8.37. The van der Waals surface area contributed by atoms with Crippen molar-refractivity contribution in [2.45, 2.75) is 116 Å². The molecule has 34 heavy (non-hydrogen) atoms. The maximum absolute atomic E-state index is 13.3. The summed E-state index contributed by atoms with van der Waals surface area (Å²) in [6.45, 7) is 11.8. The Labute approximate surface area is 204 Å². The Bertz CT molecular complexity index is 846. The van der Waals surface area contributed by atoms with E-state index in [1.807, 2.05) is 6.92 Å². The maximum atomic E-state index is 13.3. The van der Waals surface area contributed by atoms with Crippen LogP contribution in [0.2, 0.25) is 0 Å². The minimum atomic E-state index is -1.11. The normalized spacial score (nSPS) is 47.2. The lowest BCUT2D eigenvalue weighted by atomic mass is 9.46. The number of aliphatic hydroxyl groups is 5. The quantitative estimate of drug-likeness (QED) is 0.415. The average Bonchev–Trinajstić information content (AvgIpc) is 3.00. The summed E-state index contributed by atoms with van der Waals surface area (Å²) in [5.41, 5.74) is -2.08. The predicted molar refractivity (Wildman–Crippen MR) is 130 cm³/mol. The fourth-order valence-electron chi connectivity index (χ4n) is 8.39. The molecule has 1 unspecified atom stereocenters. The topological polar surface area (TPSA) is 118 Å². The Kier molecular flexibility index (Phi) is 6.47. The molecule has 4 aliphatic carbocycles. The molecule has 4 aliphatic rings. The van der Waals surface area contributed by atoms with Crippen molar-refractivity contribution < 1.29 is 30.3 Å². The molecule has 3 saturated carbocycles. The molecule has 0 bridgehead atoms. The van der Waals surface area contributed by atoms with Gasteiger partial charge in [-0.15, -0.1) is 0 Å². The third-order valence-corrected chi connectivity index (χ3v) is 11.2. The third-order valence-electron chi connectivity index (χ3n) is 11.2. The van der Waals surface area contributed by atoms with Crippen molar-refractivity contribution >= 4 is 5.78 Å². The summed E-state index contributed by atoms with van der Waals surface area (Å²) in [5, 5.41) is 54.4. The van der Waals surface area contributed by atoms with Crippen molar-refractivity contribution in [1.82, 2.24) is 0 Å². The molecule has 194 valence electrons. The molecule has 0 spiro atoms. The van der Waals surface area contributed by atoms with E-state index in [9.17, 15) is 30.3 Å². The molecule has 6 nitrogen and oxygen atoms in total. The van der Waals surface area contributed by atoms with Gasteiger partial charge in [0.25, 0.3) is 0 Å². The molecule has 0 saturated heterocycles. The molecule has 11 atom stereocenters. The minimum Gasteiger partial charge on any atom is -0.393 e. The highest BCUT2D eigenvalue weighted by Gasteiger charge is 2.67. The van der Waals surface area contributed by atoms with Gasteiger partial charge in [-0.1, -0.05) is 27.7 Å². The molecule has 0 aromatic rings. The first-order valence-electron chi connectivity index (χ1n) is 13.3. The van der Waals surface area contributed by atoms with Crippen LogP contribution in [0.3, 0.4) is 0 Å². The highest BCUT2D eigenvalue weighted by Crippen LogP contribution is 2.68. The largest absolute Gasteiger partial charge is 0.393 e. The Morgan fingerprint density at radius 1 is 1.09 bits per heavy atom. The summed E-state index contributed by atoms with van der Waals surface area (Å²) < 4.78 is 0. The number of carbonyl (C=O) groups is 1. The fraction of sp³-hybridized carbons (Fsp3) is 0.893. The van der Waals surface area contributed by atoms with Gasteiger partial charge in [0.15, 0.2) is 5.78 Å². The minimum absolute atomic E-state index is 0.00427. The van der Waals surface area contributed by atoms with Crippen molar-refractivity contribution in [1.29, 1.82) is 0 Å². The summed E-state index contributed by atoms with van der Waals surface area (Å²) >= 11 is 0. The summed E-state index contributed by atoms with van der Waals surface area (Å²) in [6, 6.07) is 0. The molecule has 4 rings (SSSR count). The zero-order chi connectivity index (χ0) is 25.4. The van der Waals surface area contributed by atoms with E-state index in [0.717, 1.165) is 24.8 Å². The van der Waals surface area contributed by atoms with Crippen molar-refractivity contribution in [2.24, 2.45) is 40.4 Å². The first-order valence-corrected chi connectivity index (χ1v) is 13.3. The van der Waals surface area contributed by atoms with Gasteiger partial charge < -0.3 is 25.5 Å². The highest BCUT2D eigenvalue weighted by molar-refractivity contribution is 5.95. The molecule has 5 N–H and O–H groups in total. The van der Waals surface area contributed by atoms with Crippen LogP contribution in [0.1, 0.15) is 86.5 Å². The van der Waals surface area contributed by atoms with Crippen LogP contribution < -0.4 is 0 Å². The molecule has 0 radical (unpaired) electrons. The van der Waals surface area contributed by atoms with Crippen molar-refractivity contribution in [3.8, 4) is 0 Å². The van der Waals surface area contributed by atoms with Crippen LogP contribution in [0.25, 0.3) is 0 Å². The lowest BCUT2D eigenvalue weighted by Gasteiger charge is -2.60. The fourth-order valence-corrected chi connectivity index (χ4v) is 8.39. The Hall–Kier alpha value is -0.790. The van der Waals surface area contributed by atoms with Gasteiger partial charge in [-0.3, -0.25) is 4.79 Å². The summed E-state index contributed by atoms with van der Waals surface area (Å²) in [5.74, 6) is -0.359. The number of hydrogen-bond acceptors (Lipinski definition) is 6. The number of aliphatic hydroxyl groups excluding tert-OH is 3. The zero-order valence-corrected chi connectivity index (χ0v) is 21.8. The van der Waals surface area contributed by atoms with Crippen LogP contribution in [-0.2, 0) is 4.79 Å². The summed E-state index contributed by atoms with van der Waals surface area (Å²) in [4.78, 5) is 13.3. The lowest BCUT2D eigenvalue weighted by Crippen LogP contribution is -2.61. The van der Waals surface area contributed by atoms with E-state index >= 15 is 0 Å². The van der Waals surface area contributed by atoms with Crippen LogP contribution in [-0.4, -0.2) is 60.8 Å².